The third-order valence-corrected chi connectivity index (χ3v) is 14.8. The minimum absolute atomic E-state index is 0.109. The fraction of sp³-hybridized carbons (Fsp3) is 0.765. The van der Waals surface area contributed by atoms with Crippen molar-refractivity contribution in [2.75, 3.05) is 13.2 Å². The van der Waals surface area contributed by atoms with Crippen LogP contribution in [0.5, 0.6) is 0 Å². The van der Waals surface area contributed by atoms with Crippen molar-refractivity contribution < 1.29 is 49.3 Å². The van der Waals surface area contributed by atoms with E-state index >= 15 is 0 Å². The summed E-state index contributed by atoms with van der Waals surface area (Å²) < 4.78 is 17.6. The van der Waals surface area contributed by atoms with Crippen LogP contribution in [-0.4, -0.2) is 99.6 Å². The standard InChI is InChI=1S/C68H119NO10/c1-4-7-10-13-16-19-22-25-27-29-30-31-33-34-37-40-43-46-49-52-55-61(72)67(76)69-59(60(71)54-51-48-45-42-39-36-24-21-18-15-12-9-6-3)58-77-68-66(65(75)64(74)62(57-70)78-68)79-63(73)56-53-50-47-44-41-38-35-32-28-26-23-20-17-14-11-8-5-2/h16-17,19-20,25-28,30-31,34,37,51,54,59-62,64-66,68,70-72,74-75H,4-15,18,21-24,29,32-33,35-36,38-50,52-53,55-58H2,1-3H3,(H,69,76)/b19-16-,20-17-,27-25-,28-26-,31-30-,37-34-,54-51+. The Balaban J connectivity index is 2.70. The van der Waals surface area contributed by atoms with E-state index in [4.69, 9.17) is 14.2 Å². The number of hydrogen-bond donors (Lipinski definition) is 6. The molecule has 0 saturated carbocycles. The lowest BCUT2D eigenvalue weighted by atomic mass is 9.99. The number of rotatable bonds is 54. The third-order valence-electron chi connectivity index (χ3n) is 14.8. The van der Waals surface area contributed by atoms with Gasteiger partial charge in [0.25, 0.3) is 0 Å². The van der Waals surface area contributed by atoms with Crippen molar-refractivity contribution in [3.63, 3.8) is 0 Å². The van der Waals surface area contributed by atoms with Gasteiger partial charge >= 0.3 is 5.97 Å². The van der Waals surface area contributed by atoms with E-state index in [1.807, 2.05) is 6.08 Å². The van der Waals surface area contributed by atoms with Gasteiger partial charge in [0, 0.05) is 6.42 Å². The smallest absolute Gasteiger partial charge is 0.306 e. The van der Waals surface area contributed by atoms with Crippen molar-refractivity contribution in [2.45, 2.75) is 320 Å². The molecule has 1 saturated heterocycles. The van der Waals surface area contributed by atoms with Gasteiger partial charge in [-0.3, -0.25) is 9.59 Å². The molecular formula is C68H119NO10. The zero-order chi connectivity index (χ0) is 57.5. The molecule has 1 fully saturated rings. The van der Waals surface area contributed by atoms with Crippen molar-refractivity contribution >= 4 is 11.9 Å². The summed E-state index contributed by atoms with van der Waals surface area (Å²) in [6.07, 6.45) is 61.8. The van der Waals surface area contributed by atoms with Crippen LogP contribution in [-0.2, 0) is 23.8 Å². The monoisotopic (exact) mass is 1110 g/mol. The number of carbonyl (C=O) groups is 2. The number of aliphatic hydroxyl groups is 5. The van der Waals surface area contributed by atoms with Crippen molar-refractivity contribution in [3.05, 3.63) is 85.1 Å². The number of unbranched alkanes of at least 4 members (excludes halogenated alkanes) is 28. The van der Waals surface area contributed by atoms with Crippen LogP contribution in [0.3, 0.4) is 0 Å². The summed E-state index contributed by atoms with van der Waals surface area (Å²) in [5.41, 5.74) is 0. The Labute approximate surface area is 483 Å². The molecule has 1 heterocycles. The molecule has 456 valence electrons. The first kappa shape index (κ1) is 73.9. The van der Waals surface area contributed by atoms with Gasteiger partial charge in [0.15, 0.2) is 12.4 Å². The summed E-state index contributed by atoms with van der Waals surface area (Å²) >= 11 is 0. The van der Waals surface area contributed by atoms with Gasteiger partial charge in [-0.1, -0.05) is 247 Å². The summed E-state index contributed by atoms with van der Waals surface area (Å²) in [5, 5.41) is 57.1. The van der Waals surface area contributed by atoms with E-state index in [0.29, 0.717) is 12.8 Å². The highest BCUT2D eigenvalue weighted by Gasteiger charge is 2.47. The van der Waals surface area contributed by atoms with Gasteiger partial charge in [-0.05, 0) is 103 Å². The van der Waals surface area contributed by atoms with Crippen molar-refractivity contribution in [2.24, 2.45) is 0 Å². The van der Waals surface area contributed by atoms with Crippen LogP contribution in [0.1, 0.15) is 271 Å². The van der Waals surface area contributed by atoms with Crippen molar-refractivity contribution in [1.82, 2.24) is 5.32 Å². The maximum atomic E-state index is 13.4. The normalized spacial score (nSPS) is 19.4. The molecule has 8 unspecified atom stereocenters. The van der Waals surface area contributed by atoms with E-state index in [-0.39, 0.29) is 19.4 Å². The summed E-state index contributed by atoms with van der Waals surface area (Å²) in [6, 6.07) is -1.04. The molecule has 0 aliphatic carbocycles. The van der Waals surface area contributed by atoms with E-state index < -0.39 is 67.4 Å². The molecule has 0 aromatic heterocycles. The highest BCUT2D eigenvalue weighted by Crippen LogP contribution is 2.26. The molecule has 6 N–H and O–H groups in total. The second-order valence-corrected chi connectivity index (χ2v) is 22.1. The maximum absolute atomic E-state index is 13.4. The number of aliphatic hydroxyl groups excluding tert-OH is 5. The predicted octanol–water partition coefficient (Wildman–Crippen LogP) is 15.7. The Kier molecular flexibility index (Phi) is 51.8. The average Bonchev–Trinajstić information content (AvgIpc) is 3.49. The van der Waals surface area contributed by atoms with Crippen molar-refractivity contribution in [3.8, 4) is 0 Å². The van der Waals surface area contributed by atoms with Gasteiger partial charge in [-0.15, -0.1) is 0 Å². The topological polar surface area (TPSA) is 175 Å². The number of nitrogens with one attached hydrogen (secondary N) is 1. The first-order valence-corrected chi connectivity index (χ1v) is 32.4. The lowest BCUT2D eigenvalue weighted by Gasteiger charge is -2.41. The van der Waals surface area contributed by atoms with E-state index in [1.165, 1.54) is 122 Å². The third kappa shape index (κ3) is 43.2. The predicted molar refractivity (Wildman–Crippen MR) is 329 cm³/mol. The Hall–Kier alpha value is -3.16. The first-order valence-electron chi connectivity index (χ1n) is 32.4. The van der Waals surface area contributed by atoms with Gasteiger partial charge in [0.1, 0.15) is 24.4 Å². The summed E-state index contributed by atoms with van der Waals surface area (Å²) in [6.45, 7) is 5.73. The second kappa shape index (κ2) is 55.4. The van der Waals surface area contributed by atoms with Crippen molar-refractivity contribution in [1.29, 1.82) is 0 Å². The quantitative estimate of drug-likeness (QED) is 0.0195. The van der Waals surface area contributed by atoms with Gasteiger partial charge in [-0.25, -0.2) is 0 Å². The molecule has 1 amide bonds. The van der Waals surface area contributed by atoms with Gasteiger partial charge in [-0.2, -0.15) is 0 Å². The highest BCUT2D eigenvalue weighted by molar-refractivity contribution is 5.80. The molecular weight excluding hydrogens is 991 g/mol. The maximum Gasteiger partial charge on any atom is 0.306 e. The number of amides is 1. The van der Waals surface area contributed by atoms with Crippen LogP contribution < -0.4 is 5.32 Å². The van der Waals surface area contributed by atoms with Gasteiger partial charge < -0.3 is 45.1 Å². The van der Waals surface area contributed by atoms with Crippen LogP contribution in [0.25, 0.3) is 0 Å². The van der Waals surface area contributed by atoms with Crippen LogP contribution in [0.2, 0.25) is 0 Å². The minimum atomic E-state index is -1.62. The summed E-state index contributed by atoms with van der Waals surface area (Å²) in [7, 11) is 0. The number of allylic oxidation sites excluding steroid dienone is 13. The second-order valence-electron chi connectivity index (χ2n) is 22.1. The molecule has 0 radical (unpaired) electrons. The molecule has 11 nitrogen and oxygen atoms in total. The lowest BCUT2D eigenvalue weighted by molar-refractivity contribution is -0.305. The Morgan fingerprint density at radius 2 is 0.873 bits per heavy atom. The fourth-order valence-electron chi connectivity index (χ4n) is 9.61. The molecule has 1 aliphatic heterocycles. The number of hydrogen-bond acceptors (Lipinski definition) is 10. The van der Waals surface area contributed by atoms with E-state index in [1.54, 1.807) is 6.08 Å². The molecule has 0 aromatic carbocycles. The van der Waals surface area contributed by atoms with E-state index in [2.05, 4.69) is 99.0 Å². The van der Waals surface area contributed by atoms with Gasteiger partial charge in [0.05, 0.1) is 25.4 Å². The molecule has 0 aromatic rings. The van der Waals surface area contributed by atoms with Crippen LogP contribution in [0.4, 0.5) is 0 Å². The minimum Gasteiger partial charge on any atom is -0.454 e. The Morgan fingerprint density at radius 1 is 0.494 bits per heavy atom. The molecule has 0 spiro atoms. The molecule has 1 aliphatic rings. The summed E-state index contributed by atoms with van der Waals surface area (Å²) in [4.78, 5) is 26.6. The number of ether oxygens (including phenoxy) is 3. The zero-order valence-corrected chi connectivity index (χ0v) is 50.5. The van der Waals surface area contributed by atoms with E-state index in [0.717, 1.165) is 103 Å². The van der Waals surface area contributed by atoms with E-state index in [9.17, 15) is 35.1 Å². The average molecular weight is 1110 g/mol. The SMILES string of the molecule is CCCCC/C=C\C/C=C\C/C=C\C/C=C\CCCCCCC(O)C(=O)NC(COC1OC(CO)C(O)C(O)C1OC(=O)CCCCCCCCC/C=C\C/C=C\CCCCC)C(O)/C=C/CCCCCCCCCCCCC. The largest absolute Gasteiger partial charge is 0.454 e. The van der Waals surface area contributed by atoms with Crippen LogP contribution in [0.15, 0.2) is 85.1 Å². The number of carbonyl (C=O) groups excluding carboxylic acids is 2. The molecule has 0 bridgehead atoms. The Bertz CT molecular complexity index is 1610. The van der Waals surface area contributed by atoms with Gasteiger partial charge in [0.2, 0.25) is 5.91 Å². The van der Waals surface area contributed by atoms with Crippen LogP contribution >= 0.6 is 0 Å². The highest BCUT2D eigenvalue weighted by atomic mass is 16.7. The zero-order valence-electron chi connectivity index (χ0n) is 50.5. The lowest BCUT2D eigenvalue weighted by Crippen LogP contribution is -2.61. The molecule has 1 rings (SSSR count). The molecule has 11 heteroatoms. The Morgan fingerprint density at radius 3 is 1.33 bits per heavy atom. The number of esters is 1. The molecule has 8 atom stereocenters. The molecule has 79 heavy (non-hydrogen) atoms. The fourth-order valence-corrected chi connectivity index (χ4v) is 9.61. The van der Waals surface area contributed by atoms with Crippen LogP contribution in [0, 0.1) is 0 Å². The first-order chi connectivity index (χ1) is 38.7. The summed E-state index contributed by atoms with van der Waals surface area (Å²) in [5.74, 6) is -1.22.